The van der Waals surface area contributed by atoms with Crippen LogP contribution in [0, 0.1) is 6.92 Å². The number of hydrogen-bond acceptors (Lipinski definition) is 3. The zero-order chi connectivity index (χ0) is 13.9. The molecule has 1 aromatic carbocycles. The van der Waals surface area contributed by atoms with Gasteiger partial charge in [0.2, 0.25) is 0 Å². The van der Waals surface area contributed by atoms with Crippen LogP contribution in [0.25, 0.3) is 5.69 Å². The van der Waals surface area contributed by atoms with Crippen molar-refractivity contribution < 1.29 is 4.79 Å². The van der Waals surface area contributed by atoms with Crippen molar-refractivity contribution in [3.8, 4) is 5.69 Å². The average Bonchev–Trinajstić information content (AvgIpc) is 3.10. The summed E-state index contributed by atoms with van der Waals surface area (Å²) in [5.41, 5.74) is 2.74. The molecule has 0 bridgehead atoms. The van der Waals surface area contributed by atoms with Gasteiger partial charge in [-0.3, -0.25) is 4.79 Å². The fraction of sp³-hybridized carbons (Fsp3) is 0.0667. The van der Waals surface area contributed by atoms with Crippen LogP contribution in [-0.4, -0.2) is 15.7 Å². The number of nitrogens with zero attached hydrogens (tertiary/aromatic N) is 2. The van der Waals surface area contributed by atoms with Gasteiger partial charge in [0.25, 0.3) is 5.91 Å². The third-order valence-corrected chi connectivity index (χ3v) is 3.98. The third-order valence-electron chi connectivity index (χ3n) is 2.96. The molecule has 0 saturated carbocycles. The Hall–Kier alpha value is -2.40. The minimum Gasteiger partial charge on any atom is -0.321 e. The number of aromatic nitrogens is 2. The predicted molar refractivity (Wildman–Crippen MR) is 80.6 cm³/mol. The molecule has 0 atom stereocenters. The molecule has 0 fully saturated rings. The molecule has 2 heterocycles. The largest absolute Gasteiger partial charge is 0.321 e. The van der Waals surface area contributed by atoms with Gasteiger partial charge >= 0.3 is 0 Å². The van der Waals surface area contributed by atoms with Crippen molar-refractivity contribution in [2.24, 2.45) is 0 Å². The maximum absolute atomic E-state index is 12.1. The summed E-state index contributed by atoms with van der Waals surface area (Å²) in [6, 6.07) is 11.4. The first kappa shape index (κ1) is 12.6. The molecule has 0 unspecified atom stereocenters. The molecule has 0 aliphatic heterocycles. The van der Waals surface area contributed by atoms with Crippen molar-refractivity contribution in [3.63, 3.8) is 0 Å². The molecule has 4 nitrogen and oxygen atoms in total. The van der Waals surface area contributed by atoms with Crippen LogP contribution in [0.5, 0.6) is 0 Å². The zero-order valence-electron chi connectivity index (χ0n) is 10.9. The number of carbonyl (C=O) groups excluding carboxylic acids is 1. The Morgan fingerprint density at radius 3 is 2.65 bits per heavy atom. The molecular weight excluding hydrogens is 270 g/mol. The first-order valence-corrected chi connectivity index (χ1v) is 7.07. The van der Waals surface area contributed by atoms with Gasteiger partial charge < -0.3 is 5.32 Å². The molecule has 2 aromatic heterocycles. The monoisotopic (exact) mass is 283 g/mol. The van der Waals surface area contributed by atoms with Crippen molar-refractivity contribution in [3.05, 3.63) is 64.6 Å². The van der Waals surface area contributed by atoms with Crippen LogP contribution in [0.15, 0.2) is 54.2 Å². The van der Waals surface area contributed by atoms with Crippen LogP contribution in [0.3, 0.4) is 0 Å². The van der Waals surface area contributed by atoms with E-state index < -0.39 is 0 Å². The molecular formula is C15H13N3OS. The van der Waals surface area contributed by atoms with Crippen molar-refractivity contribution in [2.45, 2.75) is 6.92 Å². The first-order valence-electron chi connectivity index (χ1n) is 6.19. The highest BCUT2D eigenvalue weighted by molar-refractivity contribution is 7.12. The standard InChI is InChI=1S/C15H13N3OS/c1-11-7-10-20-14(11)15(19)17-12-3-5-13(6-4-12)18-9-2-8-16-18/h2-10H,1H3,(H,17,19). The average molecular weight is 283 g/mol. The highest BCUT2D eigenvalue weighted by Gasteiger charge is 2.10. The molecule has 1 N–H and O–H groups in total. The van der Waals surface area contributed by atoms with Crippen LogP contribution < -0.4 is 5.32 Å². The SMILES string of the molecule is Cc1ccsc1C(=O)Nc1ccc(-n2cccn2)cc1. The van der Waals surface area contributed by atoms with Crippen molar-refractivity contribution in [1.29, 1.82) is 0 Å². The first-order chi connectivity index (χ1) is 9.74. The second kappa shape index (κ2) is 5.30. The van der Waals surface area contributed by atoms with E-state index in [4.69, 9.17) is 0 Å². The smallest absolute Gasteiger partial charge is 0.265 e. The minimum absolute atomic E-state index is 0.0654. The second-order valence-corrected chi connectivity index (χ2v) is 5.30. The molecule has 5 heteroatoms. The number of aryl methyl sites for hydroxylation is 1. The van der Waals surface area contributed by atoms with E-state index in [1.807, 2.05) is 54.9 Å². The Kier molecular flexibility index (Phi) is 3.35. The number of amides is 1. The normalized spacial score (nSPS) is 10.4. The third kappa shape index (κ3) is 2.48. The molecule has 100 valence electrons. The fourth-order valence-electron chi connectivity index (χ4n) is 1.91. The van der Waals surface area contributed by atoms with Gasteiger partial charge in [-0.25, -0.2) is 4.68 Å². The minimum atomic E-state index is -0.0654. The highest BCUT2D eigenvalue weighted by atomic mass is 32.1. The van der Waals surface area contributed by atoms with E-state index in [-0.39, 0.29) is 5.91 Å². The lowest BCUT2D eigenvalue weighted by Crippen LogP contribution is -2.11. The summed E-state index contributed by atoms with van der Waals surface area (Å²) < 4.78 is 1.77. The summed E-state index contributed by atoms with van der Waals surface area (Å²) in [6.07, 6.45) is 3.61. The maximum atomic E-state index is 12.1. The Bertz CT molecular complexity index is 714. The van der Waals surface area contributed by atoms with E-state index >= 15 is 0 Å². The Morgan fingerprint density at radius 2 is 2.05 bits per heavy atom. The van der Waals surface area contributed by atoms with Gasteiger partial charge in [0.1, 0.15) is 0 Å². The molecule has 3 aromatic rings. The van der Waals surface area contributed by atoms with Crippen LogP contribution >= 0.6 is 11.3 Å². The molecule has 1 amide bonds. The number of hydrogen-bond donors (Lipinski definition) is 1. The quantitative estimate of drug-likeness (QED) is 0.799. The topological polar surface area (TPSA) is 46.9 Å². The number of benzene rings is 1. The van der Waals surface area contributed by atoms with Crippen molar-refractivity contribution >= 4 is 22.9 Å². The highest BCUT2D eigenvalue weighted by Crippen LogP contribution is 2.18. The number of anilines is 1. The summed E-state index contributed by atoms with van der Waals surface area (Å²) in [5.74, 6) is -0.0654. The van der Waals surface area contributed by atoms with E-state index in [2.05, 4.69) is 10.4 Å². The van der Waals surface area contributed by atoms with Crippen LogP contribution in [-0.2, 0) is 0 Å². The van der Waals surface area contributed by atoms with Crippen molar-refractivity contribution in [1.82, 2.24) is 9.78 Å². The van der Waals surface area contributed by atoms with Crippen LogP contribution in [0.4, 0.5) is 5.69 Å². The Labute approximate surface area is 120 Å². The van der Waals surface area contributed by atoms with Gasteiger partial charge in [-0.1, -0.05) is 0 Å². The van der Waals surface area contributed by atoms with E-state index in [1.54, 1.807) is 10.9 Å². The van der Waals surface area contributed by atoms with Gasteiger partial charge in [-0.15, -0.1) is 11.3 Å². The van der Waals surface area contributed by atoms with Crippen LogP contribution in [0.2, 0.25) is 0 Å². The number of thiophene rings is 1. The fourth-order valence-corrected chi connectivity index (χ4v) is 2.73. The lowest BCUT2D eigenvalue weighted by Gasteiger charge is -2.06. The van der Waals surface area contributed by atoms with Gasteiger partial charge in [0.05, 0.1) is 10.6 Å². The van der Waals surface area contributed by atoms with Gasteiger partial charge in [0, 0.05) is 18.1 Å². The van der Waals surface area contributed by atoms with Crippen molar-refractivity contribution in [2.75, 3.05) is 5.32 Å². The lowest BCUT2D eigenvalue weighted by molar-refractivity contribution is 0.103. The molecule has 0 aliphatic rings. The Balaban J connectivity index is 1.76. The predicted octanol–water partition coefficient (Wildman–Crippen LogP) is 3.49. The summed E-state index contributed by atoms with van der Waals surface area (Å²) >= 11 is 1.45. The van der Waals surface area contributed by atoms with Gasteiger partial charge in [-0.2, -0.15) is 5.10 Å². The Morgan fingerprint density at radius 1 is 1.25 bits per heavy atom. The lowest BCUT2D eigenvalue weighted by atomic mass is 10.2. The number of rotatable bonds is 3. The van der Waals surface area contributed by atoms with E-state index in [0.29, 0.717) is 0 Å². The summed E-state index contributed by atoms with van der Waals surface area (Å²) in [7, 11) is 0. The van der Waals surface area contributed by atoms with E-state index in [1.165, 1.54) is 11.3 Å². The van der Waals surface area contributed by atoms with Gasteiger partial charge in [0.15, 0.2) is 0 Å². The molecule has 0 radical (unpaired) electrons. The van der Waals surface area contributed by atoms with E-state index in [9.17, 15) is 4.79 Å². The maximum Gasteiger partial charge on any atom is 0.265 e. The second-order valence-electron chi connectivity index (χ2n) is 4.38. The van der Waals surface area contributed by atoms with Gasteiger partial charge in [-0.05, 0) is 54.3 Å². The molecule has 0 aliphatic carbocycles. The van der Waals surface area contributed by atoms with E-state index in [0.717, 1.165) is 21.8 Å². The zero-order valence-corrected chi connectivity index (χ0v) is 11.7. The molecule has 3 rings (SSSR count). The number of nitrogens with one attached hydrogen (secondary N) is 1. The number of carbonyl (C=O) groups is 1. The molecule has 0 spiro atoms. The summed E-state index contributed by atoms with van der Waals surface area (Å²) in [4.78, 5) is 12.8. The summed E-state index contributed by atoms with van der Waals surface area (Å²) in [5, 5.41) is 8.98. The molecule has 20 heavy (non-hydrogen) atoms. The summed E-state index contributed by atoms with van der Waals surface area (Å²) in [6.45, 7) is 1.94. The molecule has 0 saturated heterocycles. The van der Waals surface area contributed by atoms with Crippen LogP contribution in [0.1, 0.15) is 15.2 Å².